The average molecular weight is 557 g/mol. The van der Waals surface area contributed by atoms with Gasteiger partial charge in [-0.3, -0.25) is 4.79 Å². The van der Waals surface area contributed by atoms with Crippen LogP contribution in [0.3, 0.4) is 0 Å². The van der Waals surface area contributed by atoms with Gasteiger partial charge < -0.3 is 35.3 Å². The number of ether oxygens (including phenoxy) is 1. The van der Waals surface area contributed by atoms with Crippen molar-refractivity contribution in [2.75, 3.05) is 11.9 Å². The number of carbonyl (C=O) groups is 3. The number of urea groups is 1. The molecular formula is C29H45BN4O6. The molecule has 1 aromatic rings. The van der Waals surface area contributed by atoms with Crippen molar-refractivity contribution in [3.8, 4) is 0 Å². The van der Waals surface area contributed by atoms with Crippen molar-refractivity contribution in [2.45, 2.75) is 97.5 Å². The summed E-state index contributed by atoms with van der Waals surface area (Å²) >= 11 is 0. The van der Waals surface area contributed by atoms with Crippen molar-refractivity contribution in [3.63, 3.8) is 0 Å². The Kier molecular flexibility index (Phi) is 9.04. The van der Waals surface area contributed by atoms with Gasteiger partial charge in [0.2, 0.25) is 5.91 Å². The summed E-state index contributed by atoms with van der Waals surface area (Å²) < 4.78 is 18.2. The van der Waals surface area contributed by atoms with E-state index in [0.29, 0.717) is 23.9 Å². The first-order valence-corrected chi connectivity index (χ1v) is 14.4. The molecule has 5 rings (SSSR count). The van der Waals surface area contributed by atoms with E-state index >= 15 is 0 Å². The molecule has 1 heterocycles. The summed E-state index contributed by atoms with van der Waals surface area (Å²) in [6, 6.07) is 7.38. The Hall–Kier alpha value is -2.79. The zero-order valence-corrected chi connectivity index (χ0v) is 24.8. The highest BCUT2D eigenvalue weighted by atomic mass is 16.7. The first-order chi connectivity index (χ1) is 18.7. The van der Waals surface area contributed by atoms with E-state index in [0.717, 1.165) is 12.8 Å². The Bertz CT molecular complexity index is 1060. The Morgan fingerprint density at radius 1 is 1.07 bits per heavy atom. The topological polar surface area (TPSA) is 127 Å². The van der Waals surface area contributed by atoms with Crippen LogP contribution in [-0.4, -0.2) is 61.5 Å². The summed E-state index contributed by atoms with van der Waals surface area (Å²) in [6.45, 7) is 13.8. The summed E-state index contributed by atoms with van der Waals surface area (Å²) in [5.41, 5.74) is 0.0980. The second kappa shape index (κ2) is 12.0. The van der Waals surface area contributed by atoms with Crippen LogP contribution in [0.25, 0.3) is 0 Å². The number of rotatable bonds is 9. The Balaban J connectivity index is 1.42. The zero-order chi connectivity index (χ0) is 29.2. The number of hydrogen-bond acceptors (Lipinski definition) is 6. The predicted molar refractivity (Wildman–Crippen MR) is 154 cm³/mol. The third-order valence-corrected chi connectivity index (χ3v) is 8.31. The van der Waals surface area contributed by atoms with Crippen LogP contribution in [0.15, 0.2) is 30.3 Å². The molecule has 4 amide bonds. The molecule has 4 fully saturated rings. The number of para-hydroxylation sites is 1. The van der Waals surface area contributed by atoms with E-state index in [4.69, 9.17) is 14.0 Å². The molecule has 4 aliphatic rings. The van der Waals surface area contributed by atoms with Crippen LogP contribution in [0.5, 0.6) is 0 Å². The molecule has 0 spiro atoms. The fraction of sp³-hybridized carbons (Fsp3) is 0.690. The van der Waals surface area contributed by atoms with Crippen molar-refractivity contribution in [3.05, 3.63) is 30.3 Å². The van der Waals surface area contributed by atoms with Gasteiger partial charge in [0.1, 0.15) is 11.6 Å². The SMILES string of the molecule is CC(C)C[C@H](NC(=O)C(CNC(=O)Nc1ccccc1)NC(=O)OC(C)(C)C)B1OC2C[C@@H]3C[C@H](C2O1)C3(C)C. The Morgan fingerprint density at radius 2 is 1.77 bits per heavy atom. The normalized spacial score (nSPS) is 26.1. The number of amides is 4. The third kappa shape index (κ3) is 7.29. The van der Waals surface area contributed by atoms with Crippen LogP contribution in [0, 0.1) is 23.2 Å². The van der Waals surface area contributed by atoms with E-state index in [1.54, 1.807) is 45.0 Å². The minimum absolute atomic E-state index is 0.0237. The fourth-order valence-electron chi connectivity index (χ4n) is 6.13. The van der Waals surface area contributed by atoms with E-state index in [1.165, 1.54) is 0 Å². The van der Waals surface area contributed by atoms with Crippen LogP contribution in [0.2, 0.25) is 0 Å². The van der Waals surface area contributed by atoms with Gasteiger partial charge in [-0.15, -0.1) is 0 Å². The molecular weight excluding hydrogens is 511 g/mol. The molecule has 4 N–H and O–H groups in total. The van der Waals surface area contributed by atoms with Crippen LogP contribution >= 0.6 is 0 Å². The molecule has 2 bridgehead atoms. The minimum atomic E-state index is -1.08. The van der Waals surface area contributed by atoms with E-state index in [1.807, 2.05) is 6.07 Å². The molecule has 40 heavy (non-hydrogen) atoms. The van der Waals surface area contributed by atoms with Crippen molar-refractivity contribution in [2.24, 2.45) is 23.2 Å². The van der Waals surface area contributed by atoms with E-state index in [2.05, 4.69) is 49.0 Å². The lowest BCUT2D eigenvalue weighted by Crippen LogP contribution is -2.59. The maximum absolute atomic E-state index is 13.6. The van der Waals surface area contributed by atoms with Crippen molar-refractivity contribution in [1.82, 2.24) is 16.0 Å². The molecule has 1 aromatic carbocycles. The summed E-state index contributed by atoms with van der Waals surface area (Å²) in [7, 11) is -0.576. The first kappa shape index (κ1) is 30.2. The second-order valence-corrected chi connectivity index (χ2v) is 13.4. The smallest absolute Gasteiger partial charge is 0.444 e. The van der Waals surface area contributed by atoms with Gasteiger partial charge in [0.15, 0.2) is 0 Å². The number of anilines is 1. The molecule has 0 aromatic heterocycles. The standard InChI is InChI=1S/C29H45BN4O6/c1-17(2)13-23(30-39-22-15-18-14-20(24(22)40-30)29(18,6)7)34-25(35)21(33-27(37)38-28(3,4)5)16-31-26(36)32-19-11-9-8-10-12-19/h8-12,17-18,20-24H,13-16H2,1-7H3,(H,33,37)(H,34,35)(H2,31,32,36)/t18-,20+,21?,22?,23-,24?/m0/s1. The number of carbonyl (C=O) groups excluding carboxylic acids is 3. The number of nitrogens with one attached hydrogen (secondary N) is 4. The molecule has 1 aliphatic heterocycles. The average Bonchev–Trinajstić information content (AvgIpc) is 3.29. The van der Waals surface area contributed by atoms with Gasteiger partial charge in [-0.2, -0.15) is 0 Å². The highest BCUT2D eigenvalue weighted by Gasteiger charge is 2.62. The fourth-order valence-corrected chi connectivity index (χ4v) is 6.13. The van der Waals surface area contributed by atoms with Crippen LogP contribution in [0.4, 0.5) is 15.3 Å². The Morgan fingerprint density at radius 3 is 2.40 bits per heavy atom. The number of alkyl carbamates (subject to hydrolysis) is 1. The van der Waals surface area contributed by atoms with Crippen molar-refractivity contribution in [1.29, 1.82) is 0 Å². The molecule has 1 saturated heterocycles. The van der Waals surface area contributed by atoms with Crippen LogP contribution < -0.4 is 21.3 Å². The van der Waals surface area contributed by atoms with Gasteiger partial charge in [0.25, 0.3) is 0 Å². The van der Waals surface area contributed by atoms with Gasteiger partial charge in [-0.05, 0) is 75.3 Å². The summed E-state index contributed by atoms with van der Waals surface area (Å²) in [4.78, 5) is 38.7. The van der Waals surface area contributed by atoms with Gasteiger partial charge >= 0.3 is 19.2 Å². The molecule has 0 radical (unpaired) electrons. The predicted octanol–water partition coefficient (Wildman–Crippen LogP) is 4.11. The number of benzene rings is 1. The van der Waals surface area contributed by atoms with E-state index < -0.39 is 42.7 Å². The lowest BCUT2D eigenvalue weighted by Gasteiger charge is -2.60. The minimum Gasteiger partial charge on any atom is -0.444 e. The molecule has 3 aliphatic carbocycles. The summed E-state index contributed by atoms with van der Waals surface area (Å²) in [5, 5.41) is 11.1. The van der Waals surface area contributed by atoms with Gasteiger partial charge in [-0.1, -0.05) is 45.9 Å². The molecule has 6 atom stereocenters. The number of hydrogen-bond donors (Lipinski definition) is 4. The third-order valence-electron chi connectivity index (χ3n) is 8.31. The van der Waals surface area contributed by atoms with E-state index in [9.17, 15) is 14.4 Å². The highest BCUT2D eigenvalue weighted by Crippen LogP contribution is 2.61. The summed E-state index contributed by atoms with van der Waals surface area (Å²) in [5.74, 6) is 0.473. The lowest BCUT2D eigenvalue weighted by atomic mass is 9.47. The summed E-state index contributed by atoms with van der Waals surface area (Å²) in [6.07, 6.45) is 2.07. The zero-order valence-electron chi connectivity index (χ0n) is 24.8. The molecule has 11 heteroatoms. The van der Waals surface area contributed by atoms with Crippen molar-refractivity contribution < 1.29 is 28.4 Å². The monoisotopic (exact) mass is 556 g/mol. The quantitative estimate of drug-likeness (QED) is 0.339. The van der Waals surface area contributed by atoms with Crippen molar-refractivity contribution >= 4 is 30.8 Å². The molecule has 10 nitrogen and oxygen atoms in total. The molecule has 220 valence electrons. The van der Waals surface area contributed by atoms with Gasteiger partial charge in [-0.25, -0.2) is 9.59 Å². The molecule has 3 saturated carbocycles. The van der Waals surface area contributed by atoms with Gasteiger partial charge in [0.05, 0.1) is 18.1 Å². The Labute approximate surface area is 238 Å². The maximum Gasteiger partial charge on any atom is 0.481 e. The lowest BCUT2D eigenvalue weighted by molar-refractivity contribution is -0.150. The second-order valence-electron chi connectivity index (χ2n) is 13.4. The van der Waals surface area contributed by atoms with Crippen LogP contribution in [0.1, 0.15) is 67.7 Å². The highest BCUT2D eigenvalue weighted by molar-refractivity contribution is 6.47. The van der Waals surface area contributed by atoms with Gasteiger partial charge in [0, 0.05) is 12.2 Å². The van der Waals surface area contributed by atoms with E-state index in [-0.39, 0.29) is 30.1 Å². The maximum atomic E-state index is 13.6. The van der Waals surface area contributed by atoms with Crippen LogP contribution in [-0.2, 0) is 18.8 Å². The molecule has 3 unspecified atom stereocenters. The first-order valence-electron chi connectivity index (χ1n) is 14.4. The largest absolute Gasteiger partial charge is 0.481 e.